The molecule has 0 spiro atoms. The summed E-state index contributed by atoms with van der Waals surface area (Å²) >= 11 is 1.48. The first-order valence-corrected chi connectivity index (χ1v) is 5.00. The Kier molecular flexibility index (Phi) is 3.71. The minimum Gasteiger partial charge on any atom is -0.478 e. The molecule has 1 unspecified atom stereocenters. The smallest absolute Gasteiger partial charge is 0.335 e. The molecule has 0 aliphatic heterocycles. The van der Waals surface area contributed by atoms with Crippen molar-refractivity contribution < 1.29 is 9.90 Å². The van der Waals surface area contributed by atoms with Gasteiger partial charge in [0, 0.05) is 11.4 Å². The molecule has 0 saturated carbocycles. The predicted octanol–water partition coefficient (Wildman–Crippen LogP) is 2.45. The second-order valence-corrected chi connectivity index (χ2v) is 4.14. The van der Waals surface area contributed by atoms with Crippen LogP contribution in [0.25, 0.3) is 0 Å². The minimum atomic E-state index is -0.930. The van der Waals surface area contributed by atoms with Gasteiger partial charge in [0.15, 0.2) is 0 Å². The molecule has 0 amide bonds. The van der Waals surface area contributed by atoms with E-state index in [1.165, 1.54) is 24.0 Å². The SMILES string of the molecule is C=CC(C)Sc1cc(C(=O)O)ccn1. The molecule has 0 aliphatic carbocycles. The summed E-state index contributed by atoms with van der Waals surface area (Å²) in [5.74, 6) is -0.930. The lowest BCUT2D eigenvalue weighted by molar-refractivity contribution is 0.0696. The lowest BCUT2D eigenvalue weighted by atomic mass is 10.3. The summed E-state index contributed by atoms with van der Waals surface area (Å²) in [5, 5.41) is 9.68. The molecule has 0 aromatic carbocycles. The van der Waals surface area contributed by atoms with Crippen molar-refractivity contribution in [2.24, 2.45) is 0 Å². The third kappa shape index (κ3) is 2.88. The fourth-order valence-electron chi connectivity index (χ4n) is 0.845. The molecule has 0 bridgehead atoms. The van der Waals surface area contributed by atoms with Crippen molar-refractivity contribution in [3.63, 3.8) is 0 Å². The van der Waals surface area contributed by atoms with Crippen LogP contribution >= 0.6 is 11.8 Å². The molecule has 1 aromatic rings. The summed E-state index contributed by atoms with van der Waals surface area (Å²) in [5.41, 5.74) is 0.263. The number of thioether (sulfide) groups is 1. The molecule has 1 aromatic heterocycles. The van der Waals surface area contributed by atoms with Crippen LogP contribution in [0.15, 0.2) is 36.0 Å². The fourth-order valence-corrected chi connectivity index (χ4v) is 1.64. The maximum Gasteiger partial charge on any atom is 0.335 e. The molecule has 1 heterocycles. The number of carboxylic acid groups (broad SMARTS) is 1. The van der Waals surface area contributed by atoms with Gasteiger partial charge in [0.2, 0.25) is 0 Å². The zero-order valence-corrected chi connectivity index (χ0v) is 8.62. The quantitative estimate of drug-likeness (QED) is 0.611. The summed E-state index contributed by atoms with van der Waals surface area (Å²) in [4.78, 5) is 14.7. The van der Waals surface area contributed by atoms with Crippen LogP contribution in [0, 0.1) is 0 Å². The van der Waals surface area contributed by atoms with Crippen molar-refractivity contribution >= 4 is 17.7 Å². The van der Waals surface area contributed by atoms with E-state index in [4.69, 9.17) is 5.11 Å². The van der Waals surface area contributed by atoms with Gasteiger partial charge in [0.1, 0.15) is 0 Å². The maximum absolute atomic E-state index is 10.7. The van der Waals surface area contributed by atoms with Crippen LogP contribution in [0.3, 0.4) is 0 Å². The van der Waals surface area contributed by atoms with Crippen molar-refractivity contribution in [3.05, 3.63) is 36.5 Å². The molecule has 14 heavy (non-hydrogen) atoms. The van der Waals surface area contributed by atoms with Gasteiger partial charge in [-0.15, -0.1) is 6.58 Å². The Balaban J connectivity index is 2.83. The molecule has 0 saturated heterocycles. The van der Waals surface area contributed by atoms with E-state index in [9.17, 15) is 4.79 Å². The van der Waals surface area contributed by atoms with Crippen molar-refractivity contribution in [3.8, 4) is 0 Å². The molecule has 0 fully saturated rings. The van der Waals surface area contributed by atoms with Crippen molar-refractivity contribution in [2.75, 3.05) is 0 Å². The first kappa shape index (κ1) is 10.8. The zero-order chi connectivity index (χ0) is 10.6. The zero-order valence-electron chi connectivity index (χ0n) is 7.80. The number of nitrogens with zero attached hydrogens (tertiary/aromatic N) is 1. The second kappa shape index (κ2) is 4.81. The van der Waals surface area contributed by atoms with Crippen LogP contribution in [-0.2, 0) is 0 Å². The standard InChI is InChI=1S/C10H11NO2S/c1-3-7(2)14-9-6-8(10(12)13)4-5-11-9/h3-7H,1H2,2H3,(H,12,13). The molecular formula is C10H11NO2S. The van der Waals surface area contributed by atoms with Gasteiger partial charge in [0.25, 0.3) is 0 Å². The van der Waals surface area contributed by atoms with Crippen LogP contribution in [0.5, 0.6) is 0 Å². The van der Waals surface area contributed by atoms with Crippen LogP contribution < -0.4 is 0 Å². The maximum atomic E-state index is 10.7. The van der Waals surface area contributed by atoms with E-state index in [1.807, 2.05) is 6.92 Å². The molecule has 0 radical (unpaired) electrons. The van der Waals surface area contributed by atoms with Gasteiger partial charge in [-0.2, -0.15) is 0 Å². The number of carbonyl (C=O) groups is 1. The number of aromatic carboxylic acids is 1. The Morgan fingerprint density at radius 1 is 1.79 bits per heavy atom. The molecule has 1 atom stereocenters. The lowest BCUT2D eigenvalue weighted by Crippen LogP contribution is -1.98. The summed E-state index contributed by atoms with van der Waals surface area (Å²) < 4.78 is 0. The van der Waals surface area contributed by atoms with Crippen LogP contribution in [0.2, 0.25) is 0 Å². The first-order chi connectivity index (χ1) is 6.63. The number of pyridine rings is 1. The van der Waals surface area contributed by atoms with Gasteiger partial charge in [-0.1, -0.05) is 17.8 Å². The Labute approximate surface area is 86.9 Å². The number of hydrogen-bond acceptors (Lipinski definition) is 3. The molecule has 3 nitrogen and oxygen atoms in total. The van der Waals surface area contributed by atoms with Gasteiger partial charge in [-0.3, -0.25) is 0 Å². The predicted molar refractivity (Wildman–Crippen MR) is 56.7 cm³/mol. The normalized spacial score (nSPS) is 12.1. The van der Waals surface area contributed by atoms with E-state index in [1.54, 1.807) is 12.1 Å². The fraction of sp³-hybridized carbons (Fsp3) is 0.200. The van der Waals surface area contributed by atoms with Crippen LogP contribution in [-0.4, -0.2) is 21.3 Å². The third-order valence-electron chi connectivity index (χ3n) is 1.62. The molecular weight excluding hydrogens is 198 g/mol. The number of hydrogen-bond donors (Lipinski definition) is 1. The average molecular weight is 209 g/mol. The van der Waals surface area contributed by atoms with Gasteiger partial charge >= 0.3 is 5.97 Å². The van der Waals surface area contributed by atoms with Gasteiger partial charge < -0.3 is 5.11 Å². The van der Waals surface area contributed by atoms with Crippen molar-refractivity contribution in [2.45, 2.75) is 17.2 Å². The highest BCUT2D eigenvalue weighted by Gasteiger charge is 2.06. The Bertz CT molecular complexity index is 352. The highest BCUT2D eigenvalue weighted by Crippen LogP contribution is 2.21. The summed E-state index contributed by atoms with van der Waals surface area (Å²) in [6.45, 7) is 5.63. The molecule has 1 rings (SSSR count). The minimum absolute atomic E-state index is 0.228. The Hall–Kier alpha value is -1.29. The third-order valence-corrected chi connectivity index (χ3v) is 2.65. The average Bonchev–Trinajstić information content (AvgIpc) is 2.18. The van der Waals surface area contributed by atoms with Crippen molar-refractivity contribution in [1.82, 2.24) is 4.98 Å². The molecule has 1 N–H and O–H groups in total. The summed E-state index contributed by atoms with van der Waals surface area (Å²) in [6, 6.07) is 3.04. The largest absolute Gasteiger partial charge is 0.478 e. The van der Waals surface area contributed by atoms with E-state index in [-0.39, 0.29) is 10.8 Å². The van der Waals surface area contributed by atoms with Crippen LogP contribution in [0.1, 0.15) is 17.3 Å². The van der Waals surface area contributed by atoms with Gasteiger partial charge in [0.05, 0.1) is 10.6 Å². The number of carboxylic acids is 1. The van der Waals surface area contributed by atoms with E-state index in [2.05, 4.69) is 11.6 Å². The van der Waals surface area contributed by atoms with Crippen molar-refractivity contribution in [1.29, 1.82) is 0 Å². The second-order valence-electron chi connectivity index (χ2n) is 2.75. The summed E-state index contributed by atoms with van der Waals surface area (Å²) in [6.07, 6.45) is 3.29. The van der Waals surface area contributed by atoms with E-state index in [0.29, 0.717) is 5.03 Å². The van der Waals surface area contributed by atoms with E-state index in [0.717, 1.165) is 0 Å². The van der Waals surface area contributed by atoms with Gasteiger partial charge in [-0.05, 0) is 19.1 Å². The Morgan fingerprint density at radius 2 is 2.50 bits per heavy atom. The highest BCUT2D eigenvalue weighted by molar-refractivity contribution is 8.00. The monoisotopic (exact) mass is 209 g/mol. The topological polar surface area (TPSA) is 50.2 Å². The highest BCUT2D eigenvalue weighted by atomic mass is 32.2. The van der Waals surface area contributed by atoms with Gasteiger partial charge in [-0.25, -0.2) is 9.78 Å². The first-order valence-electron chi connectivity index (χ1n) is 4.12. The number of rotatable bonds is 4. The van der Waals surface area contributed by atoms with E-state index >= 15 is 0 Å². The molecule has 0 aliphatic rings. The lowest BCUT2D eigenvalue weighted by Gasteiger charge is -2.04. The summed E-state index contributed by atoms with van der Waals surface area (Å²) in [7, 11) is 0. The number of aromatic nitrogens is 1. The Morgan fingerprint density at radius 3 is 3.07 bits per heavy atom. The van der Waals surface area contributed by atoms with Crippen LogP contribution in [0.4, 0.5) is 0 Å². The molecule has 4 heteroatoms. The van der Waals surface area contributed by atoms with E-state index < -0.39 is 5.97 Å². The molecule has 74 valence electrons.